The first-order valence-corrected chi connectivity index (χ1v) is 12.0. The van der Waals surface area contributed by atoms with Gasteiger partial charge in [0.15, 0.2) is 9.84 Å². The van der Waals surface area contributed by atoms with Crippen molar-refractivity contribution >= 4 is 21.2 Å². The molecule has 0 unspecified atom stereocenters. The first-order chi connectivity index (χ1) is 15.2. The zero-order valence-corrected chi connectivity index (χ0v) is 18.6. The molecule has 0 saturated carbocycles. The molecule has 0 radical (unpaired) electrons. The number of hydrogen-bond acceptors (Lipinski definition) is 9. The molecular weight excluding hydrogens is 434 g/mol. The van der Waals surface area contributed by atoms with E-state index in [1.54, 1.807) is 0 Å². The van der Waals surface area contributed by atoms with Crippen LogP contribution in [0.15, 0.2) is 51.9 Å². The fraction of sp³-hybridized carbons (Fsp3) is 0.333. The maximum Gasteiger partial charge on any atom is 0.293 e. The first-order valence-electron chi connectivity index (χ1n) is 10.1. The Morgan fingerprint density at radius 3 is 2.41 bits per heavy atom. The van der Waals surface area contributed by atoms with Crippen LogP contribution in [0.4, 0.5) is 11.4 Å². The van der Waals surface area contributed by atoms with Gasteiger partial charge in [0.05, 0.1) is 16.4 Å². The fourth-order valence-electron chi connectivity index (χ4n) is 3.62. The SMILES string of the molecule is Cc1ccc(-c2noc(CN3CCN(c4ccc(S(C)(=O)=O)cc4[N+](=O)[O-])CC3)n2)cc1. The number of piperazine rings is 1. The number of benzene rings is 2. The van der Waals surface area contributed by atoms with Gasteiger partial charge in [0.2, 0.25) is 11.7 Å². The molecule has 168 valence electrons. The molecule has 0 atom stereocenters. The number of aromatic nitrogens is 2. The molecule has 0 spiro atoms. The van der Waals surface area contributed by atoms with Crippen LogP contribution in [0.1, 0.15) is 11.5 Å². The number of aryl methyl sites for hydroxylation is 1. The van der Waals surface area contributed by atoms with E-state index >= 15 is 0 Å². The summed E-state index contributed by atoms with van der Waals surface area (Å²) >= 11 is 0. The second-order valence-corrected chi connectivity index (χ2v) is 9.84. The number of sulfone groups is 1. The van der Waals surface area contributed by atoms with Gasteiger partial charge in [0.1, 0.15) is 5.69 Å². The van der Waals surface area contributed by atoms with Crippen LogP contribution in [0, 0.1) is 17.0 Å². The third-order valence-corrected chi connectivity index (χ3v) is 6.53. The molecule has 1 aliphatic heterocycles. The van der Waals surface area contributed by atoms with Gasteiger partial charge >= 0.3 is 0 Å². The van der Waals surface area contributed by atoms with Gasteiger partial charge in [0, 0.05) is 44.1 Å². The van der Waals surface area contributed by atoms with E-state index in [1.807, 2.05) is 36.1 Å². The third-order valence-electron chi connectivity index (χ3n) is 5.42. The molecule has 1 aliphatic rings. The van der Waals surface area contributed by atoms with Crippen LogP contribution in [0.5, 0.6) is 0 Å². The summed E-state index contributed by atoms with van der Waals surface area (Å²) in [6.45, 7) is 4.90. The zero-order chi connectivity index (χ0) is 22.9. The highest BCUT2D eigenvalue weighted by atomic mass is 32.2. The van der Waals surface area contributed by atoms with Crippen molar-refractivity contribution in [3.8, 4) is 11.4 Å². The molecule has 3 aromatic rings. The number of hydrogen-bond donors (Lipinski definition) is 0. The lowest BCUT2D eigenvalue weighted by Gasteiger charge is -2.35. The number of nitro groups is 1. The van der Waals surface area contributed by atoms with Gasteiger partial charge in [-0.2, -0.15) is 4.98 Å². The molecule has 1 fully saturated rings. The van der Waals surface area contributed by atoms with Crippen LogP contribution < -0.4 is 4.90 Å². The Hall–Kier alpha value is -3.31. The maximum absolute atomic E-state index is 11.8. The molecule has 11 heteroatoms. The normalized spacial score (nSPS) is 15.1. The van der Waals surface area contributed by atoms with Gasteiger partial charge in [0.25, 0.3) is 5.69 Å². The summed E-state index contributed by atoms with van der Waals surface area (Å²) in [6, 6.07) is 11.9. The average molecular weight is 458 g/mol. The Labute approximate surface area is 185 Å². The van der Waals surface area contributed by atoms with E-state index in [-0.39, 0.29) is 10.6 Å². The number of anilines is 1. The molecule has 1 saturated heterocycles. The van der Waals surface area contributed by atoms with E-state index in [0.717, 1.165) is 23.4 Å². The summed E-state index contributed by atoms with van der Waals surface area (Å²) in [5, 5.41) is 15.6. The highest BCUT2D eigenvalue weighted by Crippen LogP contribution is 2.31. The second kappa shape index (κ2) is 8.67. The van der Waals surface area contributed by atoms with Crippen LogP contribution in [-0.4, -0.2) is 60.8 Å². The third kappa shape index (κ3) is 4.78. The van der Waals surface area contributed by atoms with Crippen molar-refractivity contribution in [2.45, 2.75) is 18.4 Å². The molecule has 2 heterocycles. The molecule has 1 aromatic heterocycles. The molecule has 10 nitrogen and oxygen atoms in total. The first kappa shape index (κ1) is 21.9. The lowest BCUT2D eigenvalue weighted by Crippen LogP contribution is -2.46. The van der Waals surface area contributed by atoms with Gasteiger partial charge in [-0.25, -0.2) is 8.42 Å². The summed E-state index contributed by atoms with van der Waals surface area (Å²) < 4.78 is 28.9. The van der Waals surface area contributed by atoms with Crippen LogP contribution >= 0.6 is 0 Å². The molecule has 0 aliphatic carbocycles. The zero-order valence-electron chi connectivity index (χ0n) is 17.8. The van der Waals surface area contributed by atoms with Crippen LogP contribution in [0.3, 0.4) is 0 Å². The topological polar surface area (TPSA) is 123 Å². The predicted octanol–water partition coefficient (Wildman–Crippen LogP) is 2.68. The number of nitrogens with zero attached hydrogens (tertiary/aromatic N) is 5. The molecular formula is C21H23N5O5S. The summed E-state index contributed by atoms with van der Waals surface area (Å²) in [6.07, 6.45) is 1.03. The quantitative estimate of drug-likeness (QED) is 0.406. The van der Waals surface area contributed by atoms with Crippen molar-refractivity contribution in [3.05, 3.63) is 64.0 Å². The Bertz CT molecular complexity index is 1230. The van der Waals surface area contributed by atoms with Crippen LogP contribution in [-0.2, 0) is 16.4 Å². The van der Waals surface area contributed by atoms with Crippen molar-refractivity contribution < 1.29 is 17.9 Å². The van der Waals surface area contributed by atoms with E-state index in [9.17, 15) is 18.5 Å². The summed E-state index contributed by atoms with van der Waals surface area (Å²) in [7, 11) is -3.52. The maximum atomic E-state index is 11.8. The van der Waals surface area contributed by atoms with E-state index < -0.39 is 14.8 Å². The highest BCUT2D eigenvalue weighted by Gasteiger charge is 2.26. The van der Waals surface area contributed by atoms with Gasteiger partial charge in [-0.3, -0.25) is 15.0 Å². The summed E-state index contributed by atoms with van der Waals surface area (Å²) in [5.74, 6) is 1.05. The van der Waals surface area contributed by atoms with Gasteiger partial charge in [-0.15, -0.1) is 0 Å². The number of nitro benzene ring substituents is 1. The minimum Gasteiger partial charge on any atom is -0.363 e. The highest BCUT2D eigenvalue weighted by molar-refractivity contribution is 7.90. The van der Waals surface area contributed by atoms with E-state index in [4.69, 9.17) is 4.52 Å². The van der Waals surface area contributed by atoms with Crippen LogP contribution in [0.25, 0.3) is 11.4 Å². The fourth-order valence-corrected chi connectivity index (χ4v) is 4.27. The van der Waals surface area contributed by atoms with E-state index in [0.29, 0.717) is 50.1 Å². The summed E-state index contributed by atoms with van der Waals surface area (Å²) in [5.41, 5.74) is 2.25. The minimum atomic E-state index is -3.52. The van der Waals surface area contributed by atoms with Crippen molar-refractivity contribution in [2.24, 2.45) is 0 Å². The van der Waals surface area contributed by atoms with Crippen molar-refractivity contribution in [2.75, 3.05) is 37.3 Å². The molecule has 0 bridgehead atoms. The lowest BCUT2D eigenvalue weighted by atomic mass is 10.1. The van der Waals surface area contributed by atoms with Gasteiger partial charge in [-0.05, 0) is 19.1 Å². The standard InChI is InChI=1S/C21H23N5O5S/c1-15-3-5-16(6-4-15)21-22-20(31-23-21)14-24-9-11-25(12-10-24)18-8-7-17(32(2,29)30)13-19(18)26(27)28/h3-8,13H,9-12,14H2,1-2H3. The second-order valence-electron chi connectivity index (χ2n) is 7.82. The van der Waals surface area contributed by atoms with Crippen molar-refractivity contribution in [3.63, 3.8) is 0 Å². The minimum absolute atomic E-state index is 0.0626. The predicted molar refractivity (Wildman–Crippen MR) is 118 cm³/mol. The average Bonchev–Trinajstić information content (AvgIpc) is 3.22. The number of rotatable bonds is 6. The largest absolute Gasteiger partial charge is 0.363 e. The smallest absolute Gasteiger partial charge is 0.293 e. The van der Waals surface area contributed by atoms with Gasteiger partial charge in [-0.1, -0.05) is 35.0 Å². The van der Waals surface area contributed by atoms with Crippen molar-refractivity contribution in [1.29, 1.82) is 0 Å². The molecule has 2 aromatic carbocycles. The van der Waals surface area contributed by atoms with Crippen molar-refractivity contribution in [1.82, 2.24) is 15.0 Å². The monoisotopic (exact) mass is 457 g/mol. The Kier molecular flexibility index (Phi) is 5.94. The van der Waals surface area contributed by atoms with E-state index in [2.05, 4.69) is 15.0 Å². The molecule has 0 amide bonds. The summed E-state index contributed by atoms with van der Waals surface area (Å²) in [4.78, 5) is 19.4. The molecule has 0 N–H and O–H groups in total. The Morgan fingerprint density at radius 1 is 1.09 bits per heavy atom. The lowest BCUT2D eigenvalue weighted by molar-refractivity contribution is -0.384. The van der Waals surface area contributed by atoms with E-state index in [1.165, 1.54) is 12.1 Å². The molecule has 4 rings (SSSR count). The van der Waals surface area contributed by atoms with Crippen LogP contribution in [0.2, 0.25) is 0 Å². The Morgan fingerprint density at radius 2 is 1.78 bits per heavy atom. The van der Waals surface area contributed by atoms with Gasteiger partial charge < -0.3 is 9.42 Å². The Balaban J connectivity index is 1.42. The molecule has 32 heavy (non-hydrogen) atoms.